The van der Waals surface area contributed by atoms with Gasteiger partial charge >= 0.3 is 0 Å². The summed E-state index contributed by atoms with van der Waals surface area (Å²) >= 11 is 0. The minimum Gasteiger partial charge on any atom is -0.373 e. The molecule has 0 aromatic heterocycles. The molecule has 0 saturated carbocycles. The van der Waals surface area contributed by atoms with Crippen molar-refractivity contribution in [2.24, 2.45) is 5.73 Å². The van der Waals surface area contributed by atoms with Gasteiger partial charge < -0.3 is 10.8 Å². The van der Waals surface area contributed by atoms with Crippen molar-refractivity contribution in [3.8, 4) is 0 Å². The molecule has 0 rings (SSSR count). The fourth-order valence-corrected chi connectivity index (χ4v) is 0.397. The summed E-state index contributed by atoms with van der Waals surface area (Å²) in [5.41, 5.74) is 4.21. The van der Waals surface area contributed by atoms with Crippen LogP contribution in [0.4, 0.5) is 0 Å². The summed E-state index contributed by atoms with van der Waals surface area (Å²) in [6.45, 7) is 6.17. The lowest BCUT2D eigenvalue weighted by atomic mass is 10.2. The van der Waals surface area contributed by atoms with Crippen LogP contribution in [0.3, 0.4) is 0 Å². The maximum absolute atomic E-state index is 9.17. The molecule has 0 aliphatic heterocycles. The maximum Gasteiger partial charge on any atom is 0.132 e. The predicted molar refractivity (Wildman–Crippen MR) is 37.9 cm³/mol. The molecule has 0 aromatic carbocycles. The van der Waals surface area contributed by atoms with E-state index in [-0.39, 0.29) is 0 Å². The second-order valence-corrected chi connectivity index (χ2v) is 2.07. The Labute approximate surface area is 55.6 Å². The molecular weight excluding hydrogens is 116 g/mol. The van der Waals surface area contributed by atoms with Crippen molar-refractivity contribution in [1.82, 2.24) is 5.32 Å². The number of nitrogens with two attached hydrogens (primary N) is 1. The van der Waals surface area contributed by atoms with Gasteiger partial charge in [-0.25, -0.2) is 0 Å². The molecule has 0 radical (unpaired) electrons. The van der Waals surface area contributed by atoms with E-state index in [1.807, 2.05) is 0 Å². The van der Waals surface area contributed by atoms with Gasteiger partial charge in [0.05, 0.1) is 0 Å². The van der Waals surface area contributed by atoms with Crippen molar-refractivity contribution >= 4 is 0 Å². The molecule has 0 aromatic rings. The molecule has 0 fully saturated rings. The Bertz CT molecular complexity index is 91.1. The molecule has 0 aliphatic rings. The van der Waals surface area contributed by atoms with E-state index in [1.165, 1.54) is 6.08 Å². The van der Waals surface area contributed by atoms with Gasteiger partial charge in [-0.2, -0.15) is 0 Å². The smallest absolute Gasteiger partial charge is 0.132 e. The Hall–Kier alpha value is -0.380. The summed E-state index contributed by atoms with van der Waals surface area (Å²) in [7, 11) is 0. The monoisotopic (exact) mass is 130 g/mol. The number of nitrogens with one attached hydrogen (secondary N) is 1. The largest absolute Gasteiger partial charge is 0.373 e. The van der Waals surface area contributed by atoms with Crippen molar-refractivity contribution in [3.63, 3.8) is 0 Å². The maximum atomic E-state index is 9.17. The first-order valence-electron chi connectivity index (χ1n) is 2.93. The van der Waals surface area contributed by atoms with Gasteiger partial charge in [0.1, 0.15) is 5.72 Å². The SMILES string of the molecule is C=CC(C)(O)NCCN. The summed E-state index contributed by atoms with van der Waals surface area (Å²) in [5.74, 6) is 0. The molecule has 0 heterocycles. The lowest BCUT2D eigenvalue weighted by molar-refractivity contribution is 0.0758. The molecule has 1 atom stereocenters. The molecule has 0 amide bonds. The molecule has 0 spiro atoms. The molecule has 9 heavy (non-hydrogen) atoms. The molecule has 1 unspecified atom stereocenters. The van der Waals surface area contributed by atoms with Gasteiger partial charge in [-0.05, 0) is 13.0 Å². The van der Waals surface area contributed by atoms with Crippen LogP contribution in [0.25, 0.3) is 0 Å². The third-order valence-corrected chi connectivity index (χ3v) is 1.02. The molecular formula is C6H14N2O. The molecule has 3 nitrogen and oxygen atoms in total. The van der Waals surface area contributed by atoms with Crippen LogP contribution in [0.1, 0.15) is 6.92 Å². The summed E-state index contributed by atoms with van der Waals surface area (Å²) in [6.07, 6.45) is 1.43. The van der Waals surface area contributed by atoms with E-state index in [9.17, 15) is 0 Å². The standard InChI is InChI=1S/C6H14N2O/c1-3-6(2,9)8-5-4-7/h3,8-9H,1,4-5,7H2,2H3. The normalized spacial score (nSPS) is 16.8. The van der Waals surface area contributed by atoms with Crippen LogP contribution in [0.15, 0.2) is 12.7 Å². The zero-order valence-electron chi connectivity index (χ0n) is 5.72. The zero-order chi connectivity index (χ0) is 7.33. The highest BCUT2D eigenvalue weighted by atomic mass is 16.3. The fourth-order valence-electron chi connectivity index (χ4n) is 0.397. The quantitative estimate of drug-likeness (QED) is 0.353. The minimum atomic E-state index is -0.973. The van der Waals surface area contributed by atoms with E-state index in [0.717, 1.165) is 0 Å². The van der Waals surface area contributed by atoms with Gasteiger partial charge in [-0.3, -0.25) is 5.32 Å². The zero-order valence-corrected chi connectivity index (χ0v) is 5.72. The van der Waals surface area contributed by atoms with Gasteiger partial charge in [-0.15, -0.1) is 0 Å². The van der Waals surface area contributed by atoms with Crippen LogP contribution in [0.2, 0.25) is 0 Å². The molecule has 0 saturated heterocycles. The lowest BCUT2D eigenvalue weighted by Gasteiger charge is -2.19. The number of hydrogen-bond donors (Lipinski definition) is 3. The highest BCUT2D eigenvalue weighted by molar-refractivity contribution is 4.88. The minimum absolute atomic E-state index is 0.518. The summed E-state index contributed by atoms with van der Waals surface area (Å²) < 4.78 is 0. The highest BCUT2D eigenvalue weighted by Gasteiger charge is 2.11. The highest BCUT2D eigenvalue weighted by Crippen LogP contribution is 1.95. The van der Waals surface area contributed by atoms with E-state index in [4.69, 9.17) is 10.8 Å². The van der Waals surface area contributed by atoms with E-state index < -0.39 is 5.72 Å². The van der Waals surface area contributed by atoms with Crippen molar-refractivity contribution in [1.29, 1.82) is 0 Å². The molecule has 4 N–H and O–H groups in total. The van der Waals surface area contributed by atoms with Crippen LogP contribution in [0.5, 0.6) is 0 Å². The van der Waals surface area contributed by atoms with Gasteiger partial charge in [-0.1, -0.05) is 6.58 Å². The Morgan fingerprint density at radius 1 is 1.89 bits per heavy atom. The summed E-state index contributed by atoms with van der Waals surface area (Å²) in [6, 6.07) is 0. The van der Waals surface area contributed by atoms with Crippen LogP contribution in [-0.2, 0) is 0 Å². The average molecular weight is 130 g/mol. The third-order valence-electron chi connectivity index (χ3n) is 1.02. The van der Waals surface area contributed by atoms with Crippen molar-refractivity contribution in [2.75, 3.05) is 13.1 Å². The van der Waals surface area contributed by atoms with E-state index in [2.05, 4.69) is 11.9 Å². The fraction of sp³-hybridized carbons (Fsp3) is 0.667. The predicted octanol–water partition coefficient (Wildman–Crippen LogP) is -0.571. The van der Waals surface area contributed by atoms with Gasteiger partial charge in [0.2, 0.25) is 0 Å². The molecule has 0 aliphatic carbocycles. The van der Waals surface area contributed by atoms with Crippen LogP contribution < -0.4 is 11.1 Å². The summed E-state index contributed by atoms with van der Waals surface area (Å²) in [4.78, 5) is 0. The molecule has 0 bridgehead atoms. The van der Waals surface area contributed by atoms with Crippen molar-refractivity contribution in [3.05, 3.63) is 12.7 Å². The first-order chi connectivity index (χ1) is 4.12. The molecule has 54 valence electrons. The van der Waals surface area contributed by atoms with E-state index >= 15 is 0 Å². The van der Waals surface area contributed by atoms with Crippen molar-refractivity contribution in [2.45, 2.75) is 12.6 Å². The van der Waals surface area contributed by atoms with Crippen LogP contribution >= 0.6 is 0 Å². The number of aliphatic hydroxyl groups is 1. The number of rotatable bonds is 4. The molecule has 3 heteroatoms. The topological polar surface area (TPSA) is 58.3 Å². The van der Waals surface area contributed by atoms with E-state index in [1.54, 1.807) is 6.92 Å². The van der Waals surface area contributed by atoms with Gasteiger partial charge in [0.25, 0.3) is 0 Å². The van der Waals surface area contributed by atoms with Gasteiger partial charge in [0, 0.05) is 13.1 Å². The van der Waals surface area contributed by atoms with Gasteiger partial charge in [0.15, 0.2) is 0 Å². The Kier molecular flexibility index (Phi) is 3.46. The van der Waals surface area contributed by atoms with Crippen LogP contribution in [-0.4, -0.2) is 23.9 Å². The lowest BCUT2D eigenvalue weighted by Crippen LogP contribution is -2.42. The Morgan fingerprint density at radius 2 is 2.44 bits per heavy atom. The second-order valence-electron chi connectivity index (χ2n) is 2.07. The van der Waals surface area contributed by atoms with Crippen molar-refractivity contribution < 1.29 is 5.11 Å². The average Bonchev–Trinajstić information content (AvgIpc) is 1.84. The Balaban J connectivity index is 3.45. The second kappa shape index (κ2) is 3.61. The number of hydrogen-bond acceptors (Lipinski definition) is 3. The first-order valence-corrected chi connectivity index (χ1v) is 2.93. The Morgan fingerprint density at radius 3 is 2.78 bits per heavy atom. The first kappa shape index (κ1) is 8.62. The summed E-state index contributed by atoms with van der Waals surface area (Å²) in [5, 5.41) is 11.9. The van der Waals surface area contributed by atoms with Crippen LogP contribution in [0, 0.1) is 0 Å². The van der Waals surface area contributed by atoms with E-state index in [0.29, 0.717) is 13.1 Å². The third kappa shape index (κ3) is 4.14.